The lowest BCUT2D eigenvalue weighted by molar-refractivity contribution is -0.137. The number of rotatable bonds is 9. The van der Waals surface area contributed by atoms with Crippen molar-refractivity contribution in [1.29, 1.82) is 0 Å². The highest BCUT2D eigenvalue weighted by molar-refractivity contribution is 7.18. The molecule has 2 aromatic carbocycles. The average molecular weight is 480 g/mol. The van der Waals surface area contributed by atoms with Gasteiger partial charge in [0, 0.05) is 18.7 Å². The molecule has 4 aromatic rings. The minimum absolute atomic E-state index is 0.0161. The first-order chi connectivity index (χ1) is 16.3. The summed E-state index contributed by atoms with van der Waals surface area (Å²) in [6.45, 7) is 4.22. The number of hydrogen-bond donors (Lipinski definition) is 2. The maximum absolute atomic E-state index is 13.3. The highest BCUT2D eigenvalue weighted by Crippen LogP contribution is 2.26. The Bertz CT molecular complexity index is 1450. The first kappa shape index (κ1) is 23.4. The van der Waals surface area contributed by atoms with Crippen molar-refractivity contribution in [3.63, 3.8) is 0 Å². The van der Waals surface area contributed by atoms with Crippen LogP contribution in [0.5, 0.6) is 0 Å². The first-order valence-electron chi connectivity index (χ1n) is 11.0. The molecule has 2 heterocycles. The topological polar surface area (TPSA) is 119 Å². The Kier molecular flexibility index (Phi) is 6.87. The molecule has 0 saturated heterocycles. The van der Waals surface area contributed by atoms with E-state index in [0.717, 1.165) is 37.3 Å². The zero-order chi connectivity index (χ0) is 24.2. The van der Waals surface area contributed by atoms with Crippen LogP contribution in [-0.4, -0.2) is 30.2 Å². The number of nitrogens with zero attached hydrogens (tertiary/aromatic N) is 4. The maximum atomic E-state index is 13.3. The van der Waals surface area contributed by atoms with Crippen LogP contribution in [-0.2, 0) is 24.3 Å². The van der Waals surface area contributed by atoms with Gasteiger partial charge in [0.15, 0.2) is 0 Å². The molecule has 176 valence electrons. The molecule has 4 rings (SSSR count). The van der Waals surface area contributed by atoms with E-state index in [0.29, 0.717) is 5.69 Å². The van der Waals surface area contributed by atoms with Crippen LogP contribution in [0.25, 0.3) is 10.2 Å². The van der Waals surface area contributed by atoms with Gasteiger partial charge in [-0.15, -0.1) is 11.3 Å². The van der Waals surface area contributed by atoms with Gasteiger partial charge in [-0.05, 0) is 43.5 Å². The third-order valence-electron chi connectivity index (χ3n) is 5.37. The molecular weight excluding hydrogens is 454 g/mol. The summed E-state index contributed by atoms with van der Waals surface area (Å²) < 4.78 is 3.39. The second-order valence-corrected chi connectivity index (χ2v) is 9.11. The molecular formula is C24H25N5O4S. The molecule has 10 heteroatoms. The molecule has 0 aliphatic heterocycles. The van der Waals surface area contributed by atoms with E-state index in [-0.39, 0.29) is 31.9 Å². The molecule has 0 fully saturated rings. The van der Waals surface area contributed by atoms with Gasteiger partial charge in [-0.2, -0.15) is 4.98 Å². The summed E-state index contributed by atoms with van der Waals surface area (Å²) in [7, 11) is 0. The van der Waals surface area contributed by atoms with E-state index in [2.05, 4.69) is 22.2 Å². The molecule has 0 saturated carbocycles. The summed E-state index contributed by atoms with van der Waals surface area (Å²) in [6.07, 6.45) is 0.865. The molecule has 0 radical (unpaired) electrons. The smallest absolute Gasteiger partial charge is 0.354 e. The Morgan fingerprint density at radius 3 is 2.56 bits per heavy atom. The van der Waals surface area contributed by atoms with Crippen LogP contribution in [0.4, 0.5) is 11.6 Å². The third kappa shape index (κ3) is 5.23. The maximum Gasteiger partial charge on any atom is 0.354 e. The first-order valence-corrected chi connectivity index (χ1v) is 11.8. The number of fused-ring (bicyclic) bond motifs is 1. The molecule has 0 aliphatic rings. The number of anilines is 2. The Morgan fingerprint density at radius 1 is 1.09 bits per heavy atom. The van der Waals surface area contributed by atoms with Crippen molar-refractivity contribution in [3.8, 4) is 0 Å². The molecule has 9 nitrogen and oxygen atoms in total. The van der Waals surface area contributed by atoms with Crippen LogP contribution in [0.3, 0.4) is 0 Å². The van der Waals surface area contributed by atoms with E-state index in [9.17, 15) is 14.4 Å². The van der Waals surface area contributed by atoms with Crippen molar-refractivity contribution in [2.24, 2.45) is 0 Å². The number of carboxylic acids is 1. The predicted octanol–water partition coefficient (Wildman–Crippen LogP) is 3.54. The fourth-order valence-corrected chi connectivity index (χ4v) is 4.50. The van der Waals surface area contributed by atoms with E-state index in [1.165, 1.54) is 4.57 Å². The molecule has 2 N–H and O–H groups in total. The van der Waals surface area contributed by atoms with E-state index in [4.69, 9.17) is 5.11 Å². The highest BCUT2D eigenvalue weighted by atomic mass is 32.1. The lowest BCUT2D eigenvalue weighted by atomic mass is 10.1. The Hall–Kier alpha value is -3.79. The number of carboxylic acid groups (broad SMARTS) is 1. The summed E-state index contributed by atoms with van der Waals surface area (Å²) in [6, 6.07) is 13.4. The summed E-state index contributed by atoms with van der Waals surface area (Å²) >= 11 is 1.60. The van der Waals surface area contributed by atoms with Crippen molar-refractivity contribution in [2.45, 2.75) is 46.2 Å². The summed E-state index contributed by atoms with van der Waals surface area (Å²) in [4.78, 5) is 45.5. The lowest BCUT2D eigenvalue weighted by Crippen LogP contribution is -2.42. The number of aliphatic carboxylic acids is 1. The molecule has 0 spiro atoms. The van der Waals surface area contributed by atoms with Gasteiger partial charge in [0.25, 0.3) is 0 Å². The van der Waals surface area contributed by atoms with Gasteiger partial charge < -0.3 is 10.4 Å². The van der Waals surface area contributed by atoms with Gasteiger partial charge in [0.1, 0.15) is 0 Å². The Labute approximate surface area is 199 Å². The van der Waals surface area contributed by atoms with Crippen molar-refractivity contribution in [2.75, 3.05) is 5.32 Å². The number of thiazole rings is 1. The van der Waals surface area contributed by atoms with Gasteiger partial charge in [0.05, 0.1) is 21.8 Å². The minimum atomic E-state index is -0.982. The number of hydrogen-bond acceptors (Lipinski definition) is 7. The zero-order valence-electron chi connectivity index (χ0n) is 18.9. The molecule has 0 bridgehead atoms. The van der Waals surface area contributed by atoms with Crippen molar-refractivity contribution in [1.82, 2.24) is 19.1 Å². The molecule has 0 unspecified atom stereocenters. The standard InChI is InChI=1S/C24H25N5O4S/c1-3-20-26-18-11-10-17(13-19(18)34-20)25-22-27-23(32)28(12-4-5-21(30)31)24(33)29(22)14-16-8-6-15(2)7-9-16/h6-11,13H,3-5,12,14H2,1-2H3,(H,30,31)(H,25,27,32). The van der Waals surface area contributed by atoms with Gasteiger partial charge in [0.2, 0.25) is 5.95 Å². The van der Waals surface area contributed by atoms with Crippen molar-refractivity contribution >= 4 is 39.2 Å². The number of nitrogens with one attached hydrogen (secondary N) is 1. The van der Waals surface area contributed by atoms with E-state index in [1.54, 1.807) is 11.3 Å². The van der Waals surface area contributed by atoms with E-state index in [1.807, 2.05) is 49.4 Å². The van der Waals surface area contributed by atoms with Gasteiger partial charge in [-0.3, -0.25) is 9.36 Å². The second-order valence-electron chi connectivity index (χ2n) is 7.99. The Balaban J connectivity index is 1.73. The van der Waals surface area contributed by atoms with Crippen LogP contribution in [0, 0.1) is 6.92 Å². The van der Waals surface area contributed by atoms with Gasteiger partial charge in [-0.1, -0.05) is 36.8 Å². The molecule has 34 heavy (non-hydrogen) atoms. The lowest BCUT2D eigenvalue weighted by Gasteiger charge is -2.16. The quantitative estimate of drug-likeness (QED) is 0.377. The third-order valence-corrected chi connectivity index (χ3v) is 6.54. The highest BCUT2D eigenvalue weighted by Gasteiger charge is 2.15. The monoisotopic (exact) mass is 479 g/mol. The summed E-state index contributed by atoms with van der Waals surface area (Å²) in [5, 5.41) is 13.1. The van der Waals surface area contributed by atoms with Crippen molar-refractivity contribution < 1.29 is 9.90 Å². The molecule has 2 aromatic heterocycles. The molecule has 0 aliphatic carbocycles. The number of aromatic nitrogens is 4. The zero-order valence-corrected chi connectivity index (χ0v) is 19.8. The van der Waals surface area contributed by atoms with Gasteiger partial charge in [-0.25, -0.2) is 19.1 Å². The van der Waals surface area contributed by atoms with E-state index >= 15 is 0 Å². The largest absolute Gasteiger partial charge is 0.481 e. The Morgan fingerprint density at radius 2 is 1.85 bits per heavy atom. The van der Waals surface area contributed by atoms with Crippen molar-refractivity contribution in [3.05, 3.63) is 79.6 Å². The van der Waals surface area contributed by atoms with Crippen LogP contribution in [0.1, 0.15) is 35.9 Å². The fraction of sp³-hybridized carbons (Fsp3) is 0.292. The van der Waals surface area contributed by atoms with Crippen LogP contribution in [0.2, 0.25) is 0 Å². The number of benzene rings is 2. The number of aryl methyl sites for hydroxylation is 2. The normalized spacial score (nSPS) is 11.1. The van der Waals surface area contributed by atoms with Crippen LogP contribution < -0.4 is 16.7 Å². The number of carbonyl (C=O) groups is 1. The molecule has 0 amide bonds. The molecule has 0 atom stereocenters. The van der Waals surface area contributed by atoms with Crippen LogP contribution >= 0.6 is 11.3 Å². The average Bonchev–Trinajstić information content (AvgIpc) is 3.22. The predicted molar refractivity (Wildman–Crippen MR) is 132 cm³/mol. The minimum Gasteiger partial charge on any atom is -0.481 e. The fourth-order valence-electron chi connectivity index (χ4n) is 3.55. The van der Waals surface area contributed by atoms with Crippen LogP contribution in [0.15, 0.2) is 52.1 Å². The van der Waals surface area contributed by atoms with E-state index < -0.39 is 17.3 Å². The second kappa shape index (κ2) is 10.0. The SMILES string of the molecule is CCc1nc2ccc(Nc3nc(=O)n(CCCC(=O)O)c(=O)n3Cc3ccc(C)cc3)cc2s1. The van der Waals surface area contributed by atoms with Gasteiger partial charge >= 0.3 is 17.3 Å². The summed E-state index contributed by atoms with van der Waals surface area (Å²) in [5.74, 6) is -0.853. The summed E-state index contributed by atoms with van der Waals surface area (Å²) in [5.41, 5.74) is 2.29.